The van der Waals surface area contributed by atoms with E-state index in [-0.39, 0.29) is 41.4 Å². The summed E-state index contributed by atoms with van der Waals surface area (Å²) in [6, 6.07) is 1.64. The lowest BCUT2D eigenvalue weighted by Crippen LogP contribution is -2.30. The molecule has 3 aliphatic rings. The van der Waals surface area contributed by atoms with Gasteiger partial charge in [0.05, 0.1) is 12.7 Å². The summed E-state index contributed by atoms with van der Waals surface area (Å²) in [6.07, 6.45) is 4.47. The van der Waals surface area contributed by atoms with Crippen molar-refractivity contribution in [3.05, 3.63) is 64.7 Å². The average Bonchev–Trinajstić information content (AvgIpc) is 2.73. The minimum Gasteiger partial charge on any atom is -0.451 e. The SMILES string of the molecule is C=CC1CCC(c2cc3c(c(F)c2F)OC2=C(F)C(OCC)C(C)C=C2C3)CO1. The Kier molecular flexibility index (Phi) is 5.58. The van der Waals surface area contributed by atoms with Gasteiger partial charge >= 0.3 is 0 Å². The summed E-state index contributed by atoms with van der Waals surface area (Å²) in [5.74, 6) is -3.29. The van der Waals surface area contributed by atoms with Gasteiger partial charge in [-0.2, -0.15) is 4.39 Å². The standard InChI is InChI=1S/C23H25F3O3/c1-4-16-7-6-13(11-28-16)17-10-15-9-14-8-12(3)21(27-5-2)20(26)23(14)29-22(15)19(25)18(17)24/h4,8,10,12-13,16,21H,1,5-7,9,11H2,2-3H3. The highest BCUT2D eigenvalue weighted by Crippen LogP contribution is 2.44. The number of hydrogen-bond donors (Lipinski definition) is 0. The highest BCUT2D eigenvalue weighted by molar-refractivity contribution is 5.52. The van der Waals surface area contributed by atoms with Crippen molar-refractivity contribution in [2.24, 2.45) is 5.92 Å². The Morgan fingerprint density at radius 3 is 2.69 bits per heavy atom. The fourth-order valence-corrected chi connectivity index (χ4v) is 4.38. The lowest BCUT2D eigenvalue weighted by Gasteiger charge is -2.33. The maximum absolute atomic E-state index is 14.9. The molecular formula is C23H25F3O3. The van der Waals surface area contributed by atoms with E-state index in [0.717, 1.165) is 0 Å². The van der Waals surface area contributed by atoms with Crippen molar-refractivity contribution in [3.8, 4) is 5.75 Å². The average molecular weight is 406 g/mol. The maximum atomic E-state index is 14.9. The van der Waals surface area contributed by atoms with E-state index in [2.05, 4.69) is 6.58 Å². The zero-order valence-corrected chi connectivity index (χ0v) is 16.6. The van der Waals surface area contributed by atoms with Crippen LogP contribution in [-0.2, 0) is 15.9 Å². The van der Waals surface area contributed by atoms with E-state index in [4.69, 9.17) is 14.2 Å². The van der Waals surface area contributed by atoms with Gasteiger partial charge in [-0.3, -0.25) is 0 Å². The van der Waals surface area contributed by atoms with E-state index in [1.165, 1.54) is 0 Å². The Bertz CT molecular complexity index is 882. The number of benzene rings is 1. The molecule has 29 heavy (non-hydrogen) atoms. The molecule has 0 saturated carbocycles. The zero-order valence-electron chi connectivity index (χ0n) is 16.6. The van der Waals surface area contributed by atoms with Crippen LogP contribution in [0.15, 0.2) is 42.0 Å². The molecule has 4 atom stereocenters. The molecule has 0 spiro atoms. The first-order valence-corrected chi connectivity index (χ1v) is 10.1. The summed E-state index contributed by atoms with van der Waals surface area (Å²) in [6.45, 7) is 8.01. The van der Waals surface area contributed by atoms with Crippen LogP contribution >= 0.6 is 0 Å². The minimum absolute atomic E-state index is 0.0464. The maximum Gasteiger partial charge on any atom is 0.201 e. The van der Waals surface area contributed by atoms with Crippen LogP contribution in [0, 0.1) is 17.6 Å². The Labute approximate surface area is 168 Å². The molecule has 156 valence electrons. The molecule has 2 heterocycles. The van der Waals surface area contributed by atoms with E-state index in [0.29, 0.717) is 37.2 Å². The second-order valence-electron chi connectivity index (χ2n) is 7.85. The van der Waals surface area contributed by atoms with Crippen molar-refractivity contribution in [2.45, 2.75) is 51.2 Å². The molecule has 1 aromatic rings. The smallest absolute Gasteiger partial charge is 0.201 e. The van der Waals surface area contributed by atoms with Gasteiger partial charge in [0.1, 0.15) is 6.10 Å². The van der Waals surface area contributed by atoms with Crippen LogP contribution in [0.2, 0.25) is 0 Å². The number of hydrogen-bond acceptors (Lipinski definition) is 3. The molecular weight excluding hydrogens is 381 g/mol. The monoisotopic (exact) mass is 406 g/mol. The first kappa shape index (κ1) is 20.2. The minimum atomic E-state index is -1.07. The van der Waals surface area contributed by atoms with E-state index in [1.54, 1.807) is 19.1 Å². The fourth-order valence-electron chi connectivity index (χ4n) is 4.38. The quantitative estimate of drug-likeness (QED) is 0.617. The van der Waals surface area contributed by atoms with Crippen LogP contribution in [0.4, 0.5) is 13.2 Å². The number of allylic oxidation sites excluding steroid dienone is 1. The number of rotatable bonds is 4. The van der Waals surface area contributed by atoms with Crippen molar-refractivity contribution >= 4 is 0 Å². The van der Waals surface area contributed by atoms with Gasteiger partial charge in [-0.25, -0.2) is 8.78 Å². The molecule has 1 fully saturated rings. The molecule has 1 aliphatic carbocycles. The van der Waals surface area contributed by atoms with E-state index < -0.39 is 23.6 Å². The Morgan fingerprint density at radius 1 is 1.24 bits per heavy atom. The molecule has 0 bridgehead atoms. The van der Waals surface area contributed by atoms with E-state index >= 15 is 0 Å². The normalized spacial score (nSPS) is 28.9. The van der Waals surface area contributed by atoms with Crippen molar-refractivity contribution in [2.75, 3.05) is 13.2 Å². The predicted molar refractivity (Wildman–Crippen MR) is 103 cm³/mol. The highest BCUT2D eigenvalue weighted by Gasteiger charge is 2.37. The topological polar surface area (TPSA) is 27.7 Å². The second-order valence-corrected chi connectivity index (χ2v) is 7.85. The molecule has 6 heteroatoms. The molecule has 1 aromatic carbocycles. The van der Waals surface area contributed by atoms with Crippen LogP contribution in [0.5, 0.6) is 5.75 Å². The third-order valence-electron chi connectivity index (χ3n) is 5.91. The first-order chi connectivity index (χ1) is 13.9. The summed E-state index contributed by atoms with van der Waals surface area (Å²) >= 11 is 0. The Hall–Kier alpha value is -2.05. The van der Waals surface area contributed by atoms with E-state index in [9.17, 15) is 13.2 Å². The van der Waals surface area contributed by atoms with Gasteiger partial charge in [0.2, 0.25) is 5.82 Å². The molecule has 2 aliphatic heterocycles. The zero-order chi connectivity index (χ0) is 20.7. The largest absolute Gasteiger partial charge is 0.451 e. The third kappa shape index (κ3) is 3.53. The molecule has 0 radical (unpaired) electrons. The molecule has 3 nitrogen and oxygen atoms in total. The lowest BCUT2D eigenvalue weighted by atomic mass is 9.85. The van der Waals surface area contributed by atoms with Gasteiger partial charge in [-0.15, -0.1) is 6.58 Å². The molecule has 0 N–H and O–H groups in total. The van der Waals surface area contributed by atoms with Crippen LogP contribution in [0.25, 0.3) is 0 Å². The number of ether oxygens (including phenoxy) is 3. The van der Waals surface area contributed by atoms with Crippen molar-refractivity contribution in [3.63, 3.8) is 0 Å². The van der Waals surface area contributed by atoms with Crippen molar-refractivity contribution in [1.29, 1.82) is 0 Å². The summed E-state index contributed by atoms with van der Waals surface area (Å²) in [4.78, 5) is 0. The van der Waals surface area contributed by atoms with Crippen LogP contribution < -0.4 is 4.74 Å². The van der Waals surface area contributed by atoms with Crippen LogP contribution in [0.3, 0.4) is 0 Å². The van der Waals surface area contributed by atoms with E-state index in [1.807, 2.05) is 13.0 Å². The molecule has 4 rings (SSSR count). The number of halogens is 3. The predicted octanol–water partition coefficient (Wildman–Crippen LogP) is 5.51. The summed E-state index contributed by atoms with van der Waals surface area (Å²) in [5, 5.41) is 0. The highest BCUT2D eigenvalue weighted by atomic mass is 19.2. The summed E-state index contributed by atoms with van der Waals surface area (Å²) < 4.78 is 61.4. The van der Waals surface area contributed by atoms with Crippen LogP contribution in [0.1, 0.15) is 43.7 Å². The van der Waals surface area contributed by atoms with Gasteiger partial charge in [0.15, 0.2) is 23.2 Å². The van der Waals surface area contributed by atoms with Gasteiger partial charge < -0.3 is 14.2 Å². The van der Waals surface area contributed by atoms with Gasteiger partial charge in [-0.05, 0) is 37.0 Å². The molecule has 1 saturated heterocycles. The van der Waals surface area contributed by atoms with Gasteiger partial charge in [-0.1, -0.05) is 19.1 Å². The second kappa shape index (κ2) is 8.00. The lowest BCUT2D eigenvalue weighted by molar-refractivity contribution is 0.0319. The fraction of sp³-hybridized carbons (Fsp3) is 0.478. The van der Waals surface area contributed by atoms with Crippen molar-refractivity contribution in [1.82, 2.24) is 0 Å². The third-order valence-corrected chi connectivity index (χ3v) is 5.91. The Balaban J connectivity index is 1.69. The summed E-state index contributed by atoms with van der Waals surface area (Å²) in [7, 11) is 0. The molecule has 0 aromatic heterocycles. The first-order valence-electron chi connectivity index (χ1n) is 10.1. The number of fused-ring (bicyclic) bond motifs is 2. The van der Waals surface area contributed by atoms with Gasteiger partial charge in [0, 0.05) is 30.4 Å². The van der Waals surface area contributed by atoms with Crippen molar-refractivity contribution < 1.29 is 27.4 Å². The van der Waals surface area contributed by atoms with Gasteiger partial charge in [0.25, 0.3) is 0 Å². The Morgan fingerprint density at radius 2 is 2.03 bits per heavy atom. The van der Waals surface area contributed by atoms with Crippen LogP contribution in [-0.4, -0.2) is 25.4 Å². The molecule has 0 amide bonds. The summed E-state index contributed by atoms with van der Waals surface area (Å²) in [5.41, 5.74) is 1.45. The molecule has 4 unspecified atom stereocenters.